The Kier molecular flexibility index (Phi) is 4.77. The highest BCUT2D eigenvalue weighted by molar-refractivity contribution is 7.90. The molecule has 0 bridgehead atoms. The first-order valence-electron chi connectivity index (χ1n) is 7.98. The summed E-state index contributed by atoms with van der Waals surface area (Å²) in [5, 5.41) is 5.63. The fourth-order valence-electron chi connectivity index (χ4n) is 3.26. The number of nitrogens with two attached hydrogens (primary N) is 1. The molecule has 1 saturated carbocycles. The summed E-state index contributed by atoms with van der Waals surface area (Å²) in [6.45, 7) is 0. The van der Waals surface area contributed by atoms with Crippen LogP contribution in [-0.2, 0) is 9.84 Å². The van der Waals surface area contributed by atoms with E-state index in [4.69, 9.17) is 5.73 Å². The lowest BCUT2D eigenvalue weighted by Gasteiger charge is -2.30. The Morgan fingerprint density at radius 3 is 2.78 bits per heavy atom. The molecular weight excluding hydrogens is 330 g/mol. The van der Waals surface area contributed by atoms with Crippen LogP contribution >= 0.6 is 11.3 Å². The van der Waals surface area contributed by atoms with Crippen LogP contribution < -0.4 is 11.1 Å². The second kappa shape index (κ2) is 6.65. The summed E-state index contributed by atoms with van der Waals surface area (Å²) in [6, 6.07) is 2.41. The van der Waals surface area contributed by atoms with Crippen molar-refractivity contribution in [2.45, 2.75) is 38.1 Å². The molecule has 1 aliphatic carbocycles. The van der Waals surface area contributed by atoms with Crippen molar-refractivity contribution in [3.63, 3.8) is 0 Å². The third kappa shape index (κ3) is 4.14. The van der Waals surface area contributed by atoms with E-state index in [1.165, 1.54) is 6.26 Å². The molecular formula is C16H23N3O2S2. The minimum Gasteiger partial charge on any atom is -0.396 e. The van der Waals surface area contributed by atoms with Crippen molar-refractivity contribution in [1.29, 1.82) is 0 Å². The van der Waals surface area contributed by atoms with E-state index >= 15 is 0 Å². The van der Waals surface area contributed by atoms with Crippen molar-refractivity contribution < 1.29 is 8.42 Å². The van der Waals surface area contributed by atoms with E-state index in [0.29, 0.717) is 23.4 Å². The number of anilines is 2. The zero-order chi connectivity index (χ0) is 16.4. The number of fused-ring (bicyclic) bond motifs is 1. The molecule has 2 aromatic heterocycles. The lowest BCUT2D eigenvalue weighted by atomic mass is 9.84. The minimum atomic E-state index is -2.85. The summed E-state index contributed by atoms with van der Waals surface area (Å²) >= 11 is 1.66. The predicted molar refractivity (Wildman–Crippen MR) is 97.7 cm³/mol. The molecule has 3 N–H and O–H groups in total. The number of thiophene rings is 1. The summed E-state index contributed by atoms with van der Waals surface area (Å²) in [5.74, 6) is 0.836. The molecule has 1 aliphatic rings. The maximum absolute atomic E-state index is 11.3. The fraction of sp³-hybridized carbons (Fsp3) is 0.562. The predicted octanol–water partition coefficient (Wildman–Crippen LogP) is 3.28. The van der Waals surface area contributed by atoms with E-state index in [2.05, 4.69) is 10.3 Å². The third-order valence-electron chi connectivity index (χ3n) is 4.60. The average molecular weight is 354 g/mol. The second-order valence-corrected chi connectivity index (χ2v) is 9.68. The maximum atomic E-state index is 11.3. The topological polar surface area (TPSA) is 85.1 Å². The SMILES string of the molecule is CS(=O)(=O)CCC1CCC(Nc2c(N)cnc3ccsc23)CC1. The van der Waals surface area contributed by atoms with E-state index in [1.54, 1.807) is 17.5 Å². The number of pyridine rings is 1. The van der Waals surface area contributed by atoms with Crippen LogP contribution in [-0.4, -0.2) is 31.5 Å². The lowest BCUT2D eigenvalue weighted by Crippen LogP contribution is -2.27. The number of rotatable bonds is 5. The first-order valence-corrected chi connectivity index (χ1v) is 10.9. The summed E-state index contributed by atoms with van der Waals surface area (Å²) in [4.78, 5) is 4.34. The average Bonchev–Trinajstić information content (AvgIpc) is 2.97. The lowest BCUT2D eigenvalue weighted by molar-refractivity contribution is 0.331. The van der Waals surface area contributed by atoms with Gasteiger partial charge in [-0.05, 0) is 49.5 Å². The van der Waals surface area contributed by atoms with Crippen LogP contribution in [0.25, 0.3) is 10.2 Å². The molecule has 1 fully saturated rings. The monoisotopic (exact) mass is 353 g/mol. The Morgan fingerprint density at radius 1 is 1.35 bits per heavy atom. The van der Waals surface area contributed by atoms with Gasteiger partial charge in [-0.3, -0.25) is 4.98 Å². The van der Waals surface area contributed by atoms with Crippen LogP contribution in [0, 0.1) is 5.92 Å². The Balaban J connectivity index is 1.60. The molecule has 5 nitrogen and oxygen atoms in total. The molecule has 2 heterocycles. The van der Waals surface area contributed by atoms with Gasteiger partial charge >= 0.3 is 0 Å². The van der Waals surface area contributed by atoms with Gasteiger partial charge in [0.05, 0.1) is 33.5 Å². The second-order valence-electron chi connectivity index (χ2n) is 6.50. The molecule has 0 spiro atoms. The van der Waals surface area contributed by atoms with Crippen molar-refractivity contribution in [1.82, 2.24) is 4.98 Å². The number of nitrogens with one attached hydrogen (secondary N) is 1. The highest BCUT2D eigenvalue weighted by Gasteiger charge is 2.23. The van der Waals surface area contributed by atoms with Gasteiger partial charge in [0.25, 0.3) is 0 Å². The highest BCUT2D eigenvalue weighted by Crippen LogP contribution is 2.35. The van der Waals surface area contributed by atoms with Gasteiger partial charge in [-0.2, -0.15) is 0 Å². The molecule has 0 radical (unpaired) electrons. The van der Waals surface area contributed by atoms with Crippen molar-refractivity contribution >= 4 is 42.8 Å². The molecule has 126 valence electrons. The van der Waals surface area contributed by atoms with Crippen molar-refractivity contribution in [2.24, 2.45) is 5.92 Å². The summed E-state index contributed by atoms with van der Waals surface area (Å²) in [6.07, 6.45) is 8.09. The Labute approximate surface area is 141 Å². The number of hydrogen-bond donors (Lipinski definition) is 2. The van der Waals surface area contributed by atoms with Crippen molar-refractivity contribution in [3.8, 4) is 0 Å². The number of sulfone groups is 1. The van der Waals surface area contributed by atoms with E-state index in [9.17, 15) is 8.42 Å². The van der Waals surface area contributed by atoms with Crippen LogP contribution in [0.15, 0.2) is 17.6 Å². The smallest absolute Gasteiger partial charge is 0.147 e. The van der Waals surface area contributed by atoms with Gasteiger partial charge in [0.15, 0.2) is 0 Å². The molecule has 0 atom stereocenters. The molecule has 7 heteroatoms. The van der Waals surface area contributed by atoms with Crippen LogP contribution in [0.1, 0.15) is 32.1 Å². The number of aromatic nitrogens is 1. The summed E-state index contributed by atoms with van der Waals surface area (Å²) in [7, 11) is -2.85. The van der Waals surface area contributed by atoms with Crippen LogP contribution in [0.5, 0.6) is 0 Å². The minimum absolute atomic E-state index is 0.308. The largest absolute Gasteiger partial charge is 0.396 e. The van der Waals surface area contributed by atoms with Crippen molar-refractivity contribution in [2.75, 3.05) is 23.1 Å². The van der Waals surface area contributed by atoms with Crippen LogP contribution in [0.3, 0.4) is 0 Å². The first kappa shape index (κ1) is 16.5. The van der Waals surface area contributed by atoms with Gasteiger partial charge in [-0.1, -0.05) is 0 Å². The quantitative estimate of drug-likeness (QED) is 0.861. The highest BCUT2D eigenvalue weighted by atomic mass is 32.2. The first-order chi connectivity index (χ1) is 10.9. The van der Waals surface area contributed by atoms with Gasteiger partial charge in [-0.15, -0.1) is 11.3 Å². The fourth-order valence-corrected chi connectivity index (χ4v) is 4.89. The number of nitrogens with zero attached hydrogens (tertiary/aromatic N) is 1. The van der Waals surface area contributed by atoms with Gasteiger partial charge in [0.1, 0.15) is 9.84 Å². The van der Waals surface area contributed by atoms with Gasteiger partial charge in [0, 0.05) is 12.3 Å². The van der Waals surface area contributed by atoms with Gasteiger partial charge < -0.3 is 11.1 Å². The van der Waals surface area contributed by atoms with E-state index in [-0.39, 0.29) is 0 Å². The summed E-state index contributed by atoms with van der Waals surface area (Å²) < 4.78 is 23.7. The molecule has 0 amide bonds. The number of nitrogen functional groups attached to an aromatic ring is 1. The molecule has 0 unspecified atom stereocenters. The molecule has 23 heavy (non-hydrogen) atoms. The van der Waals surface area contributed by atoms with Gasteiger partial charge in [0.2, 0.25) is 0 Å². The Morgan fingerprint density at radius 2 is 2.09 bits per heavy atom. The van der Waals surface area contributed by atoms with Crippen LogP contribution in [0.2, 0.25) is 0 Å². The molecule has 3 rings (SSSR count). The maximum Gasteiger partial charge on any atom is 0.147 e. The molecule has 2 aromatic rings. The van der Waals surface area contributed by atoms with E-state index in [0.717, 1.165) is 48.0 Å². The molecule has 0 aromatic carbocycles. The third-order valence-corrected chi connectivity index (χ3v) is 6.49. The van der Waals surface area contributed by atoms with E-state index < -0.39 is 9.84 Å². The normalized spacial score (nSPS) is 22.3. The van der Waals surface area contributed by atoms with Gasteiger partial charge in [-0.25, -0.2) is 8.42 Å². The summed E-state index contributed by atoms with van der Waals surface area (Å²) in [5.41, 5.74) is 8.78. The number of hydrogen-bond acceptors (Lipinski definition) is 6. The molecule has 0 saturated heterocycles. The zero-order valence-corrected chi connectivity index (χ0v) is 14.9. The van der Waals surface area contributed by atoms with Crippen molar-refractivity contribution in [3.05, 3.63) is 17.6 Å². The van der Waals surface area contributed by atoms with E-state index in [1.807, 2.05) is 11.4 Å². The zero-order valence-electron chi connectivity index (χ0n) is 13.3. The molecule has 0 aliphatic heterocycles. The Bertz CT molecular complexity index is 778. The standard InChI is InChI=1S/C16H23N3O2S2/c1-23(20,21)9-7-11-2-4-12(5-3-11)19-15-13(17)10-18-14-6-8-22-16(14)15/h6,8,10-12H,2-5,7,9,17H2,1H3,(H,18,19). The van der Waals surface area contributed by atoms with Crippen LogP contribution in [0.4, 0.5) is 11.4 Å². The Hall–Kier alpha value is -1.34.